The lowest BCUT2D eigenvalue weighted by atomic mass is 10.1. The summed E-state index contributed by atoms with van der Waals surface area (Å²) in [5.74, 6) is 0.111. The van der Waals surface area contributed by atoms with Crippen LogP contribution in [0.2, 0.25) is 0 Å². The maximum Gasteiger partial charge on any atom is 0.270 e. The molecule has 0 aliphatic heterocycles. The third-order valence-electron chi connectivity index (χ3n) is 4.08. The molecule has 0 unspecified atom stereocenters. The minimum Gasteiger partial charge on any atom is -0.343 e. The van der Waals surface area contributed by atoms with Crippen molar-refractivity contribution in [2.24, 2.45) is 7.05 Å². The maximum absolute atomic E-state index is 12.9. The van der Waals surface area contributed by atoms with Crippen LogP contribution in [0.1, 0.15) is 29.1 Å². The maximum atomic E-state index is 12.9. The van der Waals surface area contributed by atoms with E-state index in [0.29, 0.717) is 17.2 Å². The fourth-order valence-corrected chi connectivity index (χ4v) is 2.74. The van der Waals surface area contributed by atoms with Gasteiger partial charge in [-0.15, -0.1) is 0 Å². The van der Waals surface area contributed by atoms with Crippen molar-refractivity contribution < 1.29 is 4.79 Å². The molecule has 3 heterocycles. The highest BCUT2D eigenvalue weighted by Crippen LogP contribution is 2.19. The van der Waals surface area contributed by atoms with Gasteiger partial charge in [0.1, 0.15) is 12.0 Å². The fraction of sp³-hybridized carbons (Fsp3) is 0.167. The van der Waals surface area contributed by atoms with E-state index in [1.165, 1.54) is 10.8 Å². The van der Waals surface area contributed by atoms with Crippen molar-refractivity contribution in [3.8, 4) is 11.3 Å². The summed E-state index contributed by atoms with van der Waals surface area (Å²) in [6.45, 7) is 1.89. The Bertz CT molecular complexity index is 1070. The van der Waals surface area contributed by atoms with Crippen LogP contribution in [0.15, 0.2) is 55.0 Å². The van der Waals surface area contributed by atoms with Crippen LogP contribution in [0.5, 0.6) is 0 Å². The Labute approximate surface area is 149 Å². The molecule has 1 N–H and O–H groups in total. The van der Waals surface area contributed by atoms with Gasteiger partial charge in [-0.2, -0.15) is 19.7 Å². The number of aryl methyl sites for hydroxylation is 1. The lowest BCUT2D eigenvalue weighted by Gasteiger charge is -2.13. The van der Waals surface area contributed by atoms with Gasteiger partial charge in [-0.25, -0.2) is 4.98 Å². The van der Waals surface area contributed by atoms with Crippen molar-refractivity contribution in [3.05, 3.63) is 66.4 Å². The Kier molecular flexibility index (Phi) is 3.92. The number of fused-ring (bicyclic) bond motifs is 1. The molecule has 0 bridgehead atoms. The van der Waals surface area contributed by atoms with Crippen LogP contribution < -0.4 is 5.32 Å². The number of rotatable bonds is 4. The third-order valence-corrected chi connectivity index (χ3v) is 4.08. The molecule has 0 saturated heterocycles. The Morgan fingerprint density at radius 3 is 2.73 bits per heavy atom. The highest BCUT2D eigenvalue weighted by molar-refractivity contribution is 5.94. The molecule has 1 aromatic carbocycles. The second kappa shape index (κ2) is 6.40. The lowest BCUT2D eigenvalue weighted by Crippen LogP contribution is -2.29. The minimum absolute atomic E-state index is 0.240. The van der Waals surface area contributed by atoms with E-state index in [-0.39, 0.29) is 11.9 Å². The van der Waals surface area contributed by atoms with Crippen LogP contribution in [0.3, 0.4) is 0 Å². The average molecular weight is 347 g/mol. The molecule has 0 radical (unpaired) electrons. The third kappa shape index (κ3) is 2.92. The molecular weight excluding hydrogens is 330 g/mol. The van der Waals surface area contributed by atoms with Crippen molar-refractivity contribution in [3.63, 3.8) is 0 Å². The van der Waals surface area contributed by atoms with E-state index in [1.807, 2.05) is 56.6 Å². The van der Waals surface area contributed by atoms with Gasteiger partial charge in [0.05, 0.1) is 17.4 Å². The van der Waals surface area contributed by atoms with Crippen molar-refractivity contribution >= 4 is 11.7 Å². The van der Waals surface area contributed by atoms with E-state index in [2.05, 4.69) is 25.5 Å². The van der Waals surface area contributed by atoms with Crippen LogP contribution in [0, 0.1) is 0 Å². The van der Waals surface area contributed by atoms with Gasteiger partial charge in [0.2, 0.25) is 0 Å². The standard InChI is InChI=1S/C18H17N7O/c1-12(14-8-9-24(2)23-14)21-17(26)16-10-15(13-6-4-3-5-7-13)22-18-19-11-20-25(16)18/h3-12H,1-2H3,(H,21,26)/t12-/m0/s1. The highest BCUT2D eigenvalue weighted by Gasteiger charge is 2.19. The number of amides is 1. The normalized spacial score (nSPS) is 12.2. The van der Waals surface area contributed by atoms with Crippen LogP contribution in [0.25, 0.3) is 17.0 Å². The molecule has 3 aromatic heterocycles. The van der Waals surface area contributed by atoms with Crippen LogP contribution >= 0.6 is 0 Å². The summed E-state index contributed by atoms with van der Waals surface area (Å²) in [5.41, 5.74) is 2.73. The van der Waals surface area contributed by atoms with Crippen LogP contribution in [-0.2, 0) is 7.05 Å². The molecular formula is C18H17N7O. The van der Waals surface area contributed by atoms with Gasteiger partial charge in [0, 0.05) is 18.8 Å². The van der Waals surface area contributed by atoms with E-state index in [4.69, 9.17) is 0 Å². The van der Waals surface area contributed by atoms with Crippen LogP contribution in [0.4, 0.5) is 0 Å². The molecule has 0 spiro atoms. The zero-order valence-electron chi connectivity index (χ0n) is 14.4. The molecule has 0 aliphatic rings. The second-order valence-electron chi connectivity index (χ2n) is 5.97. The Morgan fingerprint density at radius 1 is 1.19 bits per heavy atom. The molecule has 0 aliphatic carbocycles. The first-order chi connectivity index (χ1) is 12.6. The predicted octanol–water partition coefficient (Wildman–Crippen LogP) is 2.02. The van der Waals surface area contributed by atoms with Gasteiger partial charge in [0.25, 0.3) is 11.7 Å². The monoisotopic (exact) mass is 347 g/mol. The highest BCUT2D eigenvalue weighted by atomic mass is 16.2. The van der Waals surface area contributed by atoms with Crippen molar-refractivity contribution in [1.82, 2.24) is 34.7 Å². The molecule has 0 fully saturated rings. The number of benzene rings is 1. The molecule has 130 valence electrons. The first-order valence-electron chi connectivity index (χ1n) is 8.18. The summed E-state index contributed by atoms with van der Waals surface area (Å²) in [7, 11) is 1.84. The molecule has 8 nitrogen and oxygen atoms in total. The summed E-state index contributed by atoms with van der Waals surface area (Å²) in [5, 5.41) is 11.4. The Balaban J connectivity index is 1.70. The molecule has 8 heteroatoms. The summed E-state index contributed by atoms with van der Waals surface area (Å²) < 4.78 is 3.14. The number of carbonyl (C=O) groups excluding carboxylic acids is 1. The minimum atomic E-state index is -0.266. The lowest BCUT2D eigenvalue weighted by molar-refractivity contribution is 0.0931. The average Bonchev–Trinajstić information content (AvgIpc) is 3.30. The fourth-order valence-electron chi connectivity index (χ4n) is 2.74. The topological polar surface area (TPSA) is 90.0 Å². The molecule has 4 rings (SSSR count). The number of carbonyl (C=O) groups is 1. The number of hydrogen-bond donors (Lipinski definition) is 1. The number of aromatic nitrogens is 6. The molecule has 1 amide bonds. The number of hydrogen-bond acceptors (Lipinski definition) is 5. The van der Waals surface area contributed by atoms with Crippen molar-refractivity contribution in [2.75, 3.05) is 0 Å². The van der Waals surface area contributed by atoms with Crippen molar-refractivity contribution in [1.29, 1.82) is 0 Å². The largest absolute Gasteiger partial charge is 0.343 e. The molecule has 1 atom stereocenters. The van der Waals surface area contributed by atoms with E-state index in [9.17, 15) is 4.79 Å². The van der Waals surface area contributed by atoms with E-state index in [1.54, 1.807) is 10.7 Å². The number of nitrogens with one attached hydrogen (secondary N) is 1. The number of nitrogens with zero attached hydrogens (tertiary/aromatic N) is 6. The summed E-state index contributed by atoms with van der Waals surface area (Å²) in [6, 6.07) is 13.0. The van der Waals surface area contributed by atoms with E-state index < -0.39 is 0 Å². The second-order valence-corrected chi connectivity index (χ2v) is 5.97. The first-order valence-corrected chi connectivity index (χ1v) is 8.18. The summed E-state index contributed by atoms with van der Waals surface area (Å²) >= 11 is 0. The summed E-state index contributed by atoms with van der Waals surface area (Å²) in [4.78, 5) is 21.5. The predicted molar refractivity (Wildman–Crippen MR) is 95.3 cm³/mol. The van der Waals surface area contributed by atoms with Crippen LogP contribution in [-0.4, -0.2) is 35.3 Å². The van der Waals surface area contributed by atoms with Crippen molar-refractivity contribution in [2.45, 2.75) is 13.0 Å². The zero-order valence-corrected chi connectivity index (χ0v) is 14.4. The molecule has 0 saturated carbocycles. The van der Waals surface area contributed by atoms with E-state index in [0.717, 1.165) is 11.3 Å². The van der Waals surface area contributed by atoms with Gasteiger partial charge < -0.3 is 5.32 Å². The Hall–Kier alpha value is -3.55. The van der Waals surface area contributed by atoms with Gasteiger partial charge >= 0.3 is 0 Å². The van der Waals surface area contributed by atoms with Gasteiger partial charge in [-0.3, -0.25) is 9.48 Å². The quantitative estimate of drug-likeness (QED) is 0.610. The Morgan fingerprint density at radius 2 is 2.00 bits per heavy atom. The first kappa shape index (κ1) is 15.9. The zero-order chi connectivity index (χ0) is 18.1. The van der Waals surface area contributed by atoms with Gasteiger partial charge in [-0.05, 0) is 19.1 Å². The van der Waals surface area contributed by atoms with E-state index >= 15 is 0 Å². The smallest absolute Gasteiger partial charge is 0.270 e. The molecule has 26 heavy (non-hydrogen) atoms. The SMILES string of the molecule is C[C@H](NC(=O)c1cc(-c2ccccc2)nc2ncnn12)c1ccn(C)n1. The summed E-state index contributed by atoms with van der Waals surface area (Å²) in [6.07, 6.45) is 3.23. The van der Waals surface area contributed by atoms with Gasteiger partial charge in [0.15, 0.2) is 0 Å². The molecule has 4 aromatic rings. The van der Waals surface area contributed by atoms with Gasteiger partial charge in [-0.1, -0.05) is 30.3 Å².